The van der Waals surface area contributed by atoms with Crippen LogP contribution in [0.25, 0.3) is 0 Å². The van der Waals surface area contributed by atoms with Gasteiger partial charge < -0.3 is 4.74 Å². The number of carbonyl (C=O) groups is 1. The predicted octanol–water partition coefficient (Wildman–Crippen LogP) is 2.83. The summed E-state index contributed by atoms with van der Waals surface area (Å²) < 4.78 is 32.3. The summed E-state index contributed by atoms with van der Waals surface area (Å²) in [6, 6.07) is 10.4. The van der Waals surface area contributed by atoms with Crippen LogP contribution in [0.1, 0.15) is 18.1 Å². The summed E-state index contributed by atoms with van der Waals surface area (Å²) in [4.78, 5) is 22.1. The van der Waals surface area contributed by atoms with Gasteiger partial charge >= 0.3 is 5.97 Å². The molecule has 0 spiro atoms. The molecular weight excluding hydrogens is 372 g/mol. The van der Waals surface area contributed by atoms with Gasteiger partial charge in [-0.1, -0.05) is 31.2 Å². The molecule has 27 heavy (non-hydrogen) atoms. The van der Waals surface area contributed by atoms with E-state index >= 15 is 0 Å². The highest BCUT2D eigenvalue weighted by atomic mass is 32.2. The highest BCUT2D eigenvalue weighted by Gasteiger charge is 2.31. The number of carbonyl (C=O) groups excluding carboxylic acids is 1. The molecule has 0 bridgehead atoms. The number of anilines is 1. The number of aryl methyl sites for hydroxylation is 2. The number of para-hydroxylation sites is 1. The van der Waals surface area contributed by atoms with Crippen LogP contribution in [-0.2, 0) is 26.0 Å². The number of hydrogen-bond acceptors (Lipinski definition) is 6. The normalized spacial score (nSPS) is 11.1. The summed E-state index contributed by atoms with van der Waals surface area (Å²) >= 11 is 0. The van der Waals surface area contributed by atoms with E-state index in [9.17, 15) is 23.3 Å². The van der Waals surface area contributed by atoms with E-state index in [1.807, 2.05) is 6.92 Å². The second-order valence-electron chi connectivity index (χ2n) is 5.78. The molecule has 2 aromatic carbocycles. The lowest BCUT2D eigenvalue weighted by Gasteiger charge is -2.26. The van der Waals surface area contributed by atoms with Crippen molar-refractivity contribution in [1.82, 2.24) is 0 Å². The number of nitro groups is 1. The van der Waals surface area contributed by atoms with E-state index in [0.29, 0.717) is 23.2 Å². The molecule has 8 nitrogen and oxygen atoms in total. The molecule has 0 aliphatic carbocycles. The SMILES string of the molecule is CCc1ccccc1N(CC(=O)OC)S(=O)(=O)c1cc([N+](=O)[O-])ccc1C. The van der Waals surface area contributed by atoms with E-state index in [1.165, 1.54) is 12.1 Å². The number of sulfonamides is 1. The molecule has 0 amide bonds. The second kappa shape index (κ2) is 8.17. The number of hydrogen-bond donors (Lipinski definition) is 0. The minimum absolute atomic E-state index is 0.230. The second-order valence-corrected chi connectivity index (χ2v) is 7.61. The average Bonchev–Trinajstić information content (AvgIpc) is 2.65. The molecule has 0 saturated heterocycles. The van der Waals surface area contributed by atoms with Crippen molar-refractivity contribution in [3.63, 3.8) is 0 Å². The smallest absolute Gasteiger partial charge is 0.326 e. The standard InChI is InChI=1S/C18H20N2O6S/c1-4-14-7-5-6-8-16(14)19(12-18(21)26-3)27(24,25)17-11-15(20(22)23)10-9-13(17)2/h5-11H,4,12H2,1-3H3. The van der Waals surface area contributed by atoms with Crippen LogP contribution < -0.4 is 4.31 Å². The zero-order valence-corrected chi connectivity index (χ0v) is 16.0. The monoisotopic (exact) mass is 392 g/mol. The predicted molar refractivity (Wildman–Crippen MR) is 100 cm³/mol. The highest BCUT2D eigenvalue weighted by Crippen LogP contribution is 2.30. The van der Waals surface area contributed by atoms with Crippen LogP contribution in [0.3, 0.4) is 0 Å². The van der Waals surface area contributed by atoms with E-state index in [-0.39, 0.29) is 10.6 Å². The molecule has 0 unspecified atom stereocenters. The van der Waals surface area contributed by atoms with Crippen molar-refractivity contribution in [2.24, 2.45) is 0 Å². The lowest BCUT2D eigenvalue weighted by Crippen LogP contribution is -2.37. The zero-order valence-electron chi connectivity index (χ0n) is 15.2. The molecule has 0 atom stereocenters. The molecule has 0 heterocycles. The Kier molecular flexibility index (Phi) is 6.17. The Hall–Kier alpha value is -2.94. The number of non-ortho nitro benzene ring substituents is 1. The Labute approximate surface area is 157 Å². The van der Waals surface area contributed by atoms with Crippen molar-refractivity contribution >= 4 is 27.4 Å². The van der Waals surface area contributed by atoms with Gasteiger partial charge in [0.2, 0.25) is 0 Å². The molecule has 9 heteroatoms. The third-order valence-electron chi connectivity index (χ3n) is 4.09. The maximum atomic E-state index is 13.3. The fourth-order valence-corrected chi connectivity index (χ4v) is 4.33. The molecule has 0 saturated carbocycles. The zero-order chi connectivity index (χ0) is 20.2. The quantitative estimate of drug-likeness (QED) is 0.407. The van der Waals surface area contributed by atoms with Gasteiger partial charge in [0.05, 0.1) is 22.6 Å². The van der Waals surface area contributed by atoms with Gasteiger partial charge in [0.15, 0.2) is 0 Å². The summed E-state index contributed by atoms with van der Waals surface area (Å²) in [5.41, 5.74) is 1.04. The van der Waals surface area contributed by atoms with Gasteiger partial charge in [0.1, 0.15) is 6.54 Å². The first kappa shape index (κ1) is 20.4. The van der Waals surface area contributed by atoms with Gasteiger partial charge in [0, 0.05) is 12.1 Å². The Morgan fingerprint density at radius 3 is 2.48 bits per heavy atom. The number of methoxy groups -OCH3 is 1. The van der Waals surface area contributed by atoms with Gasteiger partial charge in [0.25, 0.3) is 15.7 Å². The average molecular weight is 392 g/mol. The number of ether oxygens (including phenoxy) is 1. The maximum Gasteiger partial charge on any atom is 0.326 e. The fraction of sp³-hybridized carbons (Fsp3) is 0.278. The van der Waals surface area contributed by atoms with Crippen molar-refractivity contribution in [3.05, 3.63) is 63.7 Å². The van der Waals surface area contributed by atoms with Crippen LogP contribution in [0.15, 0.2) is 47.4 Å². The van der Waals surface area contributed by atoms with Gasteiger partial charge in [-0.3, -0.25) is 19.2 Å². The molecular formula is C18H20N2O6S. The summed E-state index contributed by atoms with van der Waals surface area (Å²) in [6.07, 6.45) is 0.539. The van der Waals surface area contributed by atoms with Crippen LogP contribution in [0.5, 0.6) is 0 Å². The van der Waals surface area contributed by atoms with E-state index in [1.54, 1.807) is 31.2 Å². The number of esters is 1. The third kappa shape index (κ3) is 4.25. The fourth-order valence-electron chi connectivity index (χ4n) is 2.63. The lowest BCUT2D eigenvalue weighted by molar-refractivity contribution is -0.385. The molecule has 0 fully saturated rings. The van der Waals surface area contributed by atoms with Crippen LogP contribution >= 0.6 is 0 Å². The van der Waals surface area contributed by atoms with Crippen LogP contribution in [0, 0.1) is 17.0 Å². The van der Waals surface area contributed by atoms with E-state index in [2.05, 4.69) is 4.74 Å². The molecule has 144 valence electrons. The first-order valence-electron chi connectivity index (χ1n) is 8.14. The molecule has 0 aromatic heterocycles. The van der Waals surface area contributed by atoms with Crippen molar-refractivity contribution < 1.29 is 22.9 Å². The van der Waals surface area contributed by atoms with E-state index in [0.717, 1.165) is 17.5 Å². The Bertz CT molecular complexity index is 972. The third-order valence-corrected chi connectivity index (χ3v) is 5.99. The highest BCUT2D eigenvalue weighted by molar-refractivity contribution is 7.93. The van der Waals surface area contributed by atoms with Crippen molar-refractivity contribution in [2.75, 3.05) is 18.0 Å². The summed E-state index contributed by atoms with van der Waals surface area (Å²) in [7, 11) is -3.09. The number of nitro benzene ring substituents is 1. The number of benzene rings is 2. The van der Waals surface area contributed by atoms with Crippen molar-refractivity contribution in [2.45, 2.75) is 25.2 Å². The minimum Gasteiger partial charge on any atom is -0.468 e. The van der Waals surface area contributed by atoms with E-state index < -0.39 is 27.5 Å². The first-order chi connectivity index (χ1) is 12.7. The van der Waals surface area contributed by atoms with Crippen molar-refractivity contribution in [1.29, 1.82) is 0 Å². The summed E-state index contributed by atoms with van der Waals surface area (Å²) in [6.45, 7) is 2.86. The van der Waals surface area contributed by atoms with Gasteiger partial charge in [-0.25, -0.2) is 8.42 Å². The first-order valence-corrected chi connectivity index (χ1v) is 9.58. The lowest BCUT2D eigenvalue weighted by atomic mass is 10.1. The van der Waals surface area contributed by atoms with Crippen LogP contribution in [0.4, 0.5) is 11.4 Å². The van der Waals surface area contributed by atoms with Crippen LogP contribution in [-0.4, -0.2) is 33.0 Å². The van der Waals surface area contributed by atoms with E-state index in [4.69, 9.17) is 0 Å². The molecule has 0 aliphatic rings. The maximum absolute atomic E-state index is 13.3. The minimum atomic E-state index is -4.25. The van der Waals surface area contributed by atoms with Crippen molar-refractivity contribution in [3.8, 4) is 0 Å². The van der Waals surface area contributed by atoms with Gasteiger partial charge in [-0.15, -0.1) is 0 Å². The molecule has 0 N–H and O–H groups in total. The largest absolute Gasteiger partial charge is 0.468 e. The van der Waals surface area contributed by atoms with Gasteiger partial charge in [-0.05, 0) is 30.5 Å². The number of rotatable bonds is 7. The summed E-state index contributed by atoms with van der Waals surface area (Å²) in [5, 5.41) is 11.1. The van der Waals surface area contributed by atoms with Crippen LogP contribution in [0.2, 0.25) is 0 Å². The molecule has 2 aromatic rings. The Morgan fingerprint density at radius 1 is 1.22 bits per heavy atom. The Balaban J connectivity index is 2.69. The summed E-state index contributed by atoms with van der Waals surface area (Å²) in [5.74, 6) is -0.743. The van der Waals surface area contributed by atoms with Gasteiger partial charge in [-0.2, -0.15) is 0 Å². The number of nitrogens with zero attached hydrogens (tertiary/aromatic N) is 2. The molecule has 0 radical (unpaired) electrons. The molecule has 0 aliphatic heterocycles. The molecule has 2 rings (SSSR count). The topological polar surface area (TPSA) is 107 Å². The Morgan fingerprint density at radius 2 is 1.89 bits per heavy atom.